The Balaban J connectivity index is 1.82. The number of pyridine rings is 1. The first-order valence-corrected chi connectivity index (χ1v) is 8.54. The van der Waals surface area contributed by atoms with Crippen molar-refractivity contribution in [3.63, 3.8) is 0 Å². The number of oxime groups is 1. The SMILES string of the molecule is CCOC(=O)NC1=Nc2nccc(/C(Cc3ccc(F)c(Cl)c3)=N/O)c2C1. The molecule has 9 heteroatoms. The predicted molar refractivity (Wildman–Crippen MR) is 98.6 cm³/mol. The molecule has 0 spiro atoms. The van der Waals surface area contributed by atoms with Crippen molar-refractivity contribution in [1.82, 2.24) is 10.3 Å². The number of halogens is 2. The number of amides is 1. The van der Waals surface area contributed by atoms with E-state index in [-0.39, 0.29) is 18.1 Å². The summed E-state index contributed by atoms with van der Waals surface area (Å²) in [6, 6.07) is 6.00. The molecule has 1 aliphatic heterocycles. The Hall–Kier alpha value is -3.00. The molecule has 0 aliphatic carbocycles. The zero-order valence-corrected chi connectivity index (χ0v) is 15.1. The Labute approximate surface area is 159 Å². The third kappa shape index (κ3) is 4.22. The molecule has 1 amide bonds. The maximum atomic E-state index is 13.3. The molecule has 0 unspecified atom stereocenters. The second kappa shape index (κ2) is 8.13. The number of ether oxygens (including phenoxy) is 1. The molecule has 2 aromatic rings. The maximum absolute atomic E-state index is 13.3. The summed E-state index contributed by atoms with van der Waals surface area (Å²) in [5, 5.41) is 15.5. The van der Waals surface area contributed by atoms with Crippen molar-refractivity contribution in [1.29, 1.82) is 0 Å². The Morgan fingerprint density at radius 2 is 2.26 bits per heavy atom. The van der Waals surface area contributed by atoms with E-state index in [0.717, 1.165) is 0 Å². The number of fused-ring (bicyclic) bond motifs is 1. The smallest absolute Gasteiger partial charge is 0.412 e. The van der Waals surface area contributed by atoms with Crippen LogP contribution in [-0.4, -0.2) is 34.4 Å². The number of aliphatic imine (C=N–C) groups is 1. The van der Waals surface area contributed by atoms with Gasteiger partial charge in [0.25, 0.3) is 0 Å². The summed E-state index contributed by atoms with van der Waals surface area (Å²) >= 11 is 5.82. The molecule has 0 fully saturated rings. The maximum Gasteiger partial charge on any atom is 0.412 e. The van der Waals surface area contributed by atoms with Gasteiger partial charge >= 0.3 is 6.09 Å². The first kappa shape index (κ1) is 18.8. The molecule has 0 bridgehead atoms. The van der Waals surface area contributed by atoms with Gasteiger partial charge in [0.05, 0.1) is 17.3 Å². The first-order chi connectivity index (χ1) is 13.0. The molecule has 0 atom stereocenters. The van der Waals surface area contributed by atoms with E-state index in [9.17, 15) is 14.4 Å². The molecule has 27 heavy (non-hydrogen) atoms. The van der Waals surface area contributed by atoms with E-state index < -0.39 is 11.9 Å². The fraction of sp³-hybridized carbons (Fsp3) is 0.222. The average Bonchev–Trinajstić information content (AvgIpc) is 3.05. The Bertz CT molecular complexity index is 946. The van der Waals surface area contributed by atoms with E-state index in [1.54, 1.807) is 19.1 Å². The number of alkyl carbamates (subject to hydrolysis) is 1. The summed E-state index contributed by atoms with van der Waals surface area (Å²) in [6.07, 6.45) is 1.48. The van der Waals surface area contributed by atoms with Gasteiger partial charge in [-0.3, -0.25) is 5.32 Å². The van der Waals surface area contributed by atoms with Crippen molar-refractivity contribution in [2.45, 2.75) is 19.8 Å². The summed E-state index contributed by atoms with van der Waals surface area (Å²) in [7, 11) is 0. The third-order valence-corrected chi connectivity index (χ3v) is 4.22. The number of nitrogens with zero attached hydrogens (tertiary/aromatic N) is 3. The summed E-state index contributed by atoms with van der Waals surface area (Å²) < 4.78 is 18.2. The van der Waals surface area contributed by atoms with Gasteiger partial charge in [-0.1, -0.05) is 22.8 Å². The Morgan fingerprint density at radius 3 is 2.96 bits per heavy atom. The van der Waals surface area contributed by atoms with Crippen molar-refractivity contribution in [2.75, 3.05) is 6.61 Å². The number of nitrogens with one attached hydrogen (secondary N) is 1. The van der Waals surface area contributed by atoms with Crippen LogP contribution in [0.25, 0.3) is 0 Å². The molecule has 2 heterocycles. The summed E-state index contributed by atoms with van der Waals surface area (Å²) in [4.78, 5) is 20.0. The van der Waals surface area contributed by atoms with E-state index in [1.165, 1.54) is 18.3 Å². The lowest BCUT2D eigenvalue weighted by Crippen LogP contribution is -2.31. The number of hydrogen-bond acceptors (Lipinski definition) is 6. The number of aromatic nitrogens is 1. The second-order valence-electron chi connectivity index (χ2n) is 5.71. The largest absolute Gasteiger partial charge is 0.450 e. The van der Waals surface area contributed by atoms with Gasteiger partial charge in [0.1, 0.15) is 11.7 Å². The van der Waals surface area contributed by atoms with Gasteiger partial charge in [-0.25, -0.2) is 19.2 Å². The van der Waals surface area contributed by atoms with Gasteiger partial charge in [-0.2, -0.15) is 0 Å². The summed E-state index contributed by atoms with van der Waals surface area (Å²) in [6.45, 7) is 1.95. The predicted octanol–water partition coefficient (Wildman–Crippen LogP) is 3.63. The molecule has 1 aromatic carbocycles. The van der Waals surface area contributed by atoms with Gasteiger partial charge in [0.2, 0.25) is 0 Å². The van der Waals surface area contributed by atoms with Crippen LogP contribution in [0.2, 0.25) is 5.02 Å². The van der Waals surface area contributed by atoms with Gasteiger partial charge < -0.3 is 9.94 Å². The van der Waals surface area contributed by atoms with E-state index >= 15 is 0 Å². The van der Waals surface area contributed by atoms with Crippen molar-refractivity contribution >= 4 is 35.1 Å². The Morgan fingerprint density at radius 1 is 1.44 bits per heavy atom. The fourth-order valence-electron chi connectivity index (χ4n) is 2.74. The van der Waals surface area contributed by atoms with Crippen molar-refractivity contribution < 1.29 is 19.1 Å². The quantitative estimate of drug-likeness (QED) is 0.473. The molecular formula is C18H16ClFN4O3. The van der Waals surface area contributed by atoms with Gasteiger partial charge in [-0.05, 0) is 30.7 Å². The second-order valence-corrected chi connectivity index (χ2v) is 6.12. The van der Waals surface area contributed by atoms with E-state index in [4.69, 9.17) is 16.3 Å². The zero-order valence-electron chi connectivity index (χ0n) is 14.4. The molecule has 0 saturated heterocycles. The minimum atomic E-state index is -0.595. The number of benzene rings is 1. The van der Waals surface area contributed by atoms with Gasteiger partial charge in [0, 0.05) is 30.2 Å². The van der Waals surface area contributed by atoms with Gasteiger partial charge in [-0.15, -0.1) is 0 Å². The average molecular weight is 391 g/mol. The molecule has 2 N–H and O–H groups in total. The molecule has 0 saturated carbocycles. The van der Waals surface area contributed by atoms with E-state index in [1.807, 2.05) is 0 Å². The van der Waals surface area contributed by atoms with Crippen LogP contribution in [0.5, 0.6) is 0 Å². The first-order valence-electron chi connectivity index (χ1n) is 8.16. The van der Waals surface area contributed by atoms with Crippen LogP contribution in [-0.2, 0) is 17.6 Å². The minimum absolute atomic E-state index is 0.00555. The highest BCUT2D eigenvalue weighted by molar-refractivity contribution is 6.30. The highest BCUT2D eigenvalue weighted by atomic mass is 35.5. The van der Waals surface area contributed by atoms with Gasteiger partial charge in [0.15, 0.2) is 5.82 Å². The van der Waals surface area contributed by atoms with Crippen LogP contribution in [0.3, 0.4) is 0 Å². The van der Waals surface area contributed by atoms with Crippen LogP contribution in [0.4, 0.5) is 15.0 Å². The van der Waals surface area contributed by atoms with Crippen LogP contribution in [0.15, 0.2) is 40.6 Å². The van der Waals surface area contributed by atoms with Crippen molar-refractivity contribution in [2.24, 2.45) is 10.1 Å². The molecule has 1 aliphatic rings. The molecule has 140 valence electrons. The Kier molecular flexibility index (Phi) is 5.66. The standard InChI is InChI=1S/C18H16ClFN4O3/c1-2-27-18(25)23-16-9-12-11(5-6-21-17(12)22-16)15(24-26)8-10-3-4-14(20)13(19)7-10/h3-7,26H,2,8-9H2,1H3,(H,21,22,23,25)/b24-15+. The minimum Gasteiger partial charge on any atom is -0.450 e. The van der Waals surface area contributed by atoms with Crippen LogP contribution >= 0.6 is 11.6 Å². The molecule has 1 aromatic heterocycles. The van der Waals surface area contributed by atoms with Crippen LogP contribution in [0, 0.1) is 5.82 Å². The lowest BCUT2D eigenvalue weighted by atomic mass is 9.97. The van der Waals surface area contributed by atoms with Crippen molar-refractivity contribution in [3.8, 4) is 0 Å². The molecule has 7 nitrogen and oxygen atoms in total. The van der Waals surface area contributed by atoms with E-state index in [0.29, 0.717) is 40.5 Å². The number of carbonyl (C=O) groups is 1. The lowest BCUT2D eigenvalue weighted by Gasteiger charge is -2.10. The number of hydrogen-bond donors (Lipinski definition) is 2. The molecular weight excluding hydrogens is 375 g/mol. The van der Waals surface area contributed by atoms with E-state index in [2.05, 4.69) is 20.4 Å². The fourth-order valence-corrected chi connectivity index (χ4v) is 2.94. The number of carbonyl (C=O) groups excluding carboxylic acids is 1. The summed E-state index contributed by atoms with van der Waals surface area (Å²) in [5.41, 5.74) is 2.38. The normalized spacial score (nSPS) is 13.1. The topological polar surface area (TPSA) is 96.2 Å². The van der Waals surface area contributed by atoms with Crippen LogP contribution in [0.1, 0.15) is 23.6 Å². The zero-order chi connectivity index (χ0) is 19.4. The summed E-state index contributed by atoms with van der Waals surface area (Å²) in [5.74, 6) is 0.305. The highest BCUT2D eigenvalue weighted by Crippen LogP contribution is 2.28. The number of amidine groups is 1. The molecule has 0 radical (unpaired) electrons. The highest BCUT2D eigenvalue weighted by Gasteiger charge is 2.23. The number of rotatable bonds is 4. The lowest BCUT2D eigenvalue weighted by molar-refractivity contribution is 0.157. The third-order valence-electron chi connectivity index (χ3n) is 3.93. The van der Waals surface area contributed by atoms with Crippen molar-refractivity contribution in [3.05, 3.63) is 58.0 Å². The molecule has 3 rings (SSSR count). The monoisotopic (exact) mass is 390 g/mol. The van der Waals surface area contributed by atoms with Crippen LogP contribution < -0.4 is 5.32 Å².